The lowest BCUT2D eigenvalue weighted by atomic mass is 10.1. The van der Waals surface area contributed by atoms with Crippen molar-refractivity contribution in [2.75, 3.05) is 11.5 Å². The van der Waals surface area contributed by atoms with Crippen LogP contribution in [-0.4, -0.2) is 22.6 Å². The maximum absolute atomic E-state index is 10.2. The van der Waals surface area contributed by atoms with Crippen LogP contribution in [0.4, 0.5) is 0 Å². The van der Waals surface area contributed by atoms with E-state index in [1.165, 1.54) is 63.1 Å². The molecule has 0 aromatic rings. The van der Waals surface area contributed by atoms with Gasteiger partial charge in [0.1, 0.15) is 0 Å². The Morgan fingerprint density at radius 1 is 1.00 bits per heavy atom. The fraction of sp³-hybridized carbons (Fsp3) is 0.917. The third kappa shape index (κ3) is 13.8. The minimum absolute atomic E-state index is 0.260. The summed E-state index contributed by atoms with van der Waals surface area (Å²) < 4.78 is 0. The van der Waals surface area contributed by atoms with Gasteiger partial charge in [-0.15, -0.1) is 0 Å². The van der Waals surface area contributed by atoms with Gasteiger partial charge in [0.2, 0.25) is 0 Å². The topological polar surface area (TPSA) is 37.3 Å². The van der Waals surface area contributed by atoms with E-state index in [0.29, 0.717) is 0 Å². The highest BCUT2D eigenvalue weighted by Crippen LogP contribution is 2.10. The summed E-state index contributed by atoms with van der Waals surface area (Å²) in [6.07, 6.45) is 10.5. The molecule has 0 spiro atoms. The van der Waals surface area contributed by atoms with Gasteiger partial charge in [-0.05, 0) is 12.2 Å². The molecule has 0 heterocycles. The lowest BCUT2D eigenvalue weighted by Gasteiger charge is -2.01. The van der Waals surface area contributed by atoms with Gasteiger partial charge in [0.05, 0.1) is 5.75 Å². The zero-order valence-electron chi connectivity index (χ0n) is 9.83. The third-order valence-electron chi connectivity index (χ3n) is 2.37. The van der Waals surface area contributed by atoms with Crippen LogP contribution in [0.1, 0.15) is 58.3 Å². The maximum atomic E-state index is 10.2. The Hall–Kier alpha value is -0.180. The average molecular weight is 232 g/mol. The second-order valence-electron chi connectivity index (χ2n) is 3.92. The summed E-state index contributed by atoms with van der Waals surface area (Å²) in [5.41, 5.74) is 0. The standard InChI is InChI=1S/C12H24O2S/c1-2-3-4-5-6-7-8-9-10-15-11-12(13)14/h2-11H2,1H3,(H,13,14). The van der Waals surface area contributed by atoms with Crippen LogP contribution in [0.3, 0.4) is 0 Å². The molecule has 0 aromatic carbocycles. The zero-order chi connectivity index (χ0) is 11.4. The first-order valence-electron chi connectivity index (χ1n) is 6.07. The molecule has 0 unspecified atom stereocenters. The molecule has 0 saturated heterocycles. The van der Waals surface area contributed by atoms with Crippen LogP contribution in [0.5, 0.6) is 0 Å². The third-order valence-corrected chi connectivity index (χ3v) is 3.40. The molecular formula is C12H24O2S. The number of carboxylic acids is 1. The van der Waals surface area contributed by atoms with E-state index >= 15 is 0 Å². The Bertz CT molecular complexity index is 149. The predicted molar refractivity (Wildman–Crippen MR) is 67.6 cm³/mol. The summed E-state index contributed by atoms with van der Waals surface area (Å²) in [5, 5.41) is 8.42. The van der Waals surface area contributed by atoms with Crippen LogP contribution in [0, 0.1) is 0 Å². The van der Waals surface area contributed by atoms with Crippen molar-refractivity contribution in [3.63, 3.8) is 0 Å². The molecule has 3 heteroatoms. The number of thioether (sulfide) groups is 1. The van der Waals surface area contributed by atoms with Crippen molar-refractivity contribution in [2.45, 2.75) is 58.3 Å². The number of carboxylic acid groups (broad SMARTS) is 1. The zero-order valence-corrected chi connectivity index (χ0v) is 10.7. The number of rotatable bonds is 11. The molecule has 15 heavy (non-hydrogen) atoms. The van der Waals surface area contributed by atoms with E-state index in [-0.39, 0.29) is 5.75 Å². The Morgan fingerprint density at radius 3 is 2.07 bits per heavy atom. The molecule has 0 aromatic heterocycles. The Morgan fingerprint density at radius 2 is 1.53 bits per heavy atom. The van der Waals surface area contributed by atoms with Gasteiger partial charge in [0.15, 0.2) is 0 Å². The highest BCUT2D eigenvalue weighted by molar-refractivity contribution is 7.99. The Kier molecular flexibility index (Phi) is 11.7. The minimum Gasteiger partial charge on any atom is -0.481 e. The fourth-order valence-corrected chi connectivity index (χ4v) is 2.22. The van der Waals surface area contributed by atoms with Crippen LogP contribution in [0.15, 0.2) is 0 Å². The molecule has 2 nitrogen and oxygen atoms in total. The van der Waals surface area contributed by atoms with E-state index < -0.39 is 5.97 Å². The van der Waals surface area contributed by atoms with Gasteiger partial charge in [0, 0.05) is 0 Å². The number of carbonyl (C=O) groups is 1. The summed E-state index contributed by atoms with van der Waals surface area (Å²) in [5.74, 6) is 0.567. The van der Waals surface area contributed by atoms with Gasteiger partial charge >= 0.3 is 5.97 Å². The molecule has 90 valence electrons. The minimum atomic E-state index is -0.695. The molecule has 0 fully saturated rings. The Labute approximate surface area is 97.8 Å². The smallest absolute Gasteiger partial charge is 0.313 e. The van der Waals surface area contributed by atoms with Crippen LogP contribution < -0.4 is 0 Å². The number of hydrogen-bond acceptors (Lipinski definition) is 2. The lowest BCUT2D eigenvalue weighted by molar-refractivity contribution is -0.133. The van der Waals surface area contributed by atoms with Crippen molar-refractivity contribution in [3.8, 4) is 0 Å². The lowest BCUT2D eigenvalue weighted by Crippen LogP contribution is -1.98. The van der Waals surface area contributed by atoms with E-state index in [0.717, 1.165) is 5.75 Å². The van der Waals surface area contributed by atoms with Gasteiger partial charge in [0.25, 0.3) is 0 Å². The van der Waals surface area contributed by atoms with E-state index in [2.05, 4.69) is 6.92 Å². The fourth-order valence-electron chi connectivity index (χ4n) is 1.50. The van der Waals surface area contributed by atoms with Crippen molar-refractivity contribution in [1.29, 1.82) is 0 Å². The maximum Gasteiger partial charge on any atom is 0.313 e. The van der Waals surface area contributed by atoms with Crippen LogP contribution in [0.2, 0.25) is 0 Å². The molecule has 0 aliphatic rings. The Balaban J connectivity index is 2.89. The average Bonchev–Trinajstić information content (AvgIpc) is 2.20. The predicted octanol–water partition coefficient (Wildman–Crippen LogP) is 3.94. The molecule has 0 bridgehead atoms. The number of unbranched alkanes of at least 4 members (excludes halogenated alkanes) is 7. The first kappa shape index (κ1) is 14.8. The van der Waals surface area contributed by atoms with Gasteiger partial charge < -0.3 is 5.11 Å². The highest BCUT2D eigenvalue weighted by Gasteiger charge is 1.96. The summed E-state index contributed by atoms with van der Waals surface area (Å²) in [6.45, 7) is 2.24. The molecule has 0 saturated carbocycles. The molecule has 1 N–H and O–H groups in total. The van der Waals surface area contributed by atoms with E-state index in [9.17, 15) is 4.79 Å². The van der Waals surface area contributed by atoms with Crippen molar-refractivity contribution < 1.29 is 9.90 Å². The quantitative estimate of drug-likeness (QED) is 0.548. The second kappa shape index (κ2) is 11.9. The van der Waals surface area contributed by atoms with E-state index in [4.69, 9.17) is 5.11 Å². The molecule has 0 radical (unpaired) electrons. The summed E-state index contributed by atoms with van der Waals surface area (Å²) in [6, 6.07) is 0. The summed E-state index contributed by atoms with van der Waals surface area (Å²) in [7, 11) is 0. The monoisotopic (exact) mass is 232 g/mol. The molecular weight excluding hydrogens is 208 g/mol. The van der Waals surface area contributed by atoms with Crippen molar-refractivity contribution in [1.82, 2.24) is 0 Å². The first-order valence-corrected chi connectivity index (χ1v) is 7.22. The largest absolute Gasteiger partial charge is 0.481 e. The van der Waals surface area contributed by atoms with E-state index in [1.807, 2.05) is 0 Å². The van der Waals surface area contributed by atoms with Crippen LogP contribution in [0.25, 0.3) is 0 Å². The van der Waals surface area contributed by atoms with Gasteiger partial charge in [-0.1, -0.05) is 51.9 Å². The normalized spacial score (nSPS) is 10.5. The molecule has 0 amide bonds. The molecule has 0 aliphatic heterocycles. The number of hydrogen-bond donors (Lipinski definition) is 1. The van der Waals surface area contributed by atoms with Crippen molar-refractivity contribution in [2.24, 2.45) is 0 Å². The summed E-state index contributed by atoms with van der Waals surface area (Å²) in [4.78, 5) is 10.2. The van der Waals surface area contributed by atoms with Crippen molar-refractivity contribution in [3.05, 3.63) is 0 Å². The van der Waals surface area contributed by atoms with Crippen LogP contribution in [-0.2, 0) is 4.79 Å². The molecule has 0 rings (SSSR count). The first-order chi connectivity index (χ1) is 7.27. The van der Waals surface area contributed by atoms with Gasteiger partial charge in [-0.25, -0.2) is 0 Å². The molecule has 0 atom stereocenters. The van der Waals surface area contributed by atoms with Gasteiger partial charge in [-0.2, -0.15) is 11.8 Å². The second-order valence-corrected chi connectivity index (χ2v) is 5.03. The van der Waals surface area contributed by atoms with Crippen molar-refractivity contribution >= 4 is 17.7 Å². The van der Waals surface area contributed by atoms with Gasteiger partial charge in [-0.3, -0.25) is 4.79 Å². The summed E-state index contributed by atoms with van der Waals surface area (Å²) >= 11 is 1.53. The van der Waals surface area contributed by atoms with Crippen LogP contribution >= 0.6 is 11.8 Å². The number of aliphatic carboxylic acids is 1. The van der Waals surface area contributed by atoms with E-state index in [1.54, 1.807) is 0 Å². The highest BCUT2D eigenvalue weighted by atomic mass is 32.2. The molecule has 0 aliphatic carbocycles. The SMILES string of the molecule is CCCCCCCCCCSCC(=O)O.